The van der Waals surface area contributed by atoms with Gasteiger partial charge in [-0.1, -0.05) is 54.1 Å². The van der Waals surface area contributed by atoms with Crippen molar-refractivity contribution in [2.75, 3.05) is 13.1 Å². The molecule has 1 atom stereocenters. The second-order valence-corrected chi connectivity index (χ2v) is 7.90. The summed E-state index contributed by atoms with van der Waals surface area (Å²) in [7, 11) is 0. The summed E-state index contributed by atoms with van der Waals surface area (Å²) in [5.74, 6) is -0.497. The highest BCUT2D eigenvalue weighted by molar-refractivity contribution is 6.35. The van der Waals surface area contributed by atoms with E-state index in [1.165, 1.54) is 11.1 Å². The smallest absolute Gasteiger partial charge is 0.309 e. The van der Waals surface area contributed by atoms with Crippen molar-refractivity contribution in [2.45, 2.75) is 32.5 Å². The number of hydrogen-bond acceptors (Lipinski definition) is 4. The van der Waals surface area contributed by atoms with Crippen molar-refractivity contribution in [1.29, 1.82) is 0 Å². The number of carbonyl (C=O) groups excluding carboxylic acids is 2. The number of nitrogens with zero attached hydrogens (tertiary/aromatic N) is 1. The van der Waals surface area contributed by atoms with Gasteiger partial charge in [-0.05, 0) is 42.2 Å². The van der Waals surface area contributed by atoms with Crippen LogP contribution in [0.5, 0.6) is 0 Å². The zero-order valence-corrected chi connectivity index (χ0v) is 17.6. The highest BCUT2D eigenvalue weighted by atomic mass is 16.3. The molecule has 31 heavy (non-hydrogen) atoms. The minimum absolute atomic E-state index is 0.141. The summed E-state index contributed by atoms with van der Waals surface area (Å²) >= 11 is 0. The van der Waals surface area contributed by atoms with E-state index in [1.807, 2.05) is 49.4 Å². The number of aryl methyl sites for hydroxylation is 1. The largest absolute Gasteiger partial charge is 0.468 e. The molecular formula is C25H27N3O3. The third-order valence-corrected chi connectivity index (χ3v) is 5.71. The third kappa shape index (κ3) is 5.22. The maximum Gasteiger partial charge on any atom is 0.309 e. The molecule has 160 valence electrons. The molecule has 0 radical (unpaired) electrons. The molecule has 2 amide bonds. The van der Waals surface area contributed by atoms with Gasteiger partial charge in [0.25, 0.3) is 0 Å². The Morgan fingerprint density at radius 2 is 1.71 bits per heavy atom. The fourth-order valence-corrected chi connectivity index (χ4v) is 3.91. The highest BCUT2D eigenvalue weighted by Gasteiger charge is 2.27. The van der Waals surface area contributed by atoms with Crippen molar-refractivity contribution < 1.29 is 14.0 Å². The van der Waals surface area contributed by atoms with E-state index in [1.54, 1.807) is 6.26 Å². The van der Waals surface area contributed by atoms with Crippen LogP contribution in [0.2, 0.25) is 0 Å². The van der Waals surface area contributed by atoms with Crippen LogP contribution in [-0.4, -0.2) is 29.8 Å². The number of hydrogen-bond donors (Lipinski definition) is 2. The van der Waals surface area contributed by atoms with Crippen LogP contribution < -0.4 is 10.6 Å². The van der Waals surface area contributed by atoms with E-state index in [-0.39, 0.29) is 6.04 Å². The lowest BCUT2D eigenvalue weighted by molar-refractivity contribution is -0.139. The Morgan fingerprint density at radius 1 is 0.968 bits per heavy atom. The summed E-state index contributed by atoms with van der Waals surface area (Å²) in [5, 5.41) is 5.47. The Balaban J connectivity index is 1.36. The second-order valence-electron chi connectivity index (χ2n) is 7.90. The lowest BCUT2D eigenvalue weighted by Crippen LogP contribution is -2.45. The van der Waals surface area contributed by atoms with Crippen molar-refractivity contribution in [3.05, 3.63) is 94.9 Å². The van der Waals surface area contributed by atoms with Gasteiger partial charge in [0.05, 0.1) is 12.3 Å². The molecule has 0 fully saturated rings. The zero-order chi connectivity index (χ0) is 21.6. The first-order valence-electron chi connectivity index (χ1n) is 10.6. The van der Waals surface area contributed by atoms with Crippen molar-refractivity contribution in [2.24, 2.45) is 0 Å². The van der Waals surface area contributed by atoms with Crippen LogP contribution in [0.4, 0.5) is 0 Å². The monoisotopic (exact) mass is 417 g/mol. The number of fused-ring (bicyclic) bond motifs is 1. The van der Waals surface area contributed by atoms with Gasteiger partial charge < -0.3 is 15.1 Å². The molecule has 0 saturated heterocycles. The minimum Gasteiger partial charge on any atom is -0.468 e. The van der Waals surface area contributed by atoms with Gasteiger partial charge in [0.1, 0.15) is 5.76 Å². The first-order valence-corrected chi connectivity index (χ1v) is 10.6. The Bertz CT molecular complexity index is 1030. The average molecular weight is 418 g/mol. The molecule has 1 aliphatic rings. The number of furan rings is 1. The number of amides is 2. The van der Waals surface area contributed by atoms with Crippen LogP contribution >= 0.6 is 0 Å². The molecule has 6 heteroatoms. The maximum absolute atomic E-state index is 12.4. The van der Waals surface area contributed by atoms with Gasteiger partial charge in [-0.3, -0.25) is 14.5 Å². The molecule has 2 N–H and O–H groups in total. The van der Waals surface area contributed by atoms with Gasteiger partial charge in [0, 0.05) is 26.2 Å². The Hall–Kier alpha value is -3.38. The summed E-state index contributed by atoms with van der Waals surface area (Å²) in [4.78, 5) is 26.9. The lowest BCUT2D eigenvalue weighted by Gasteiger charge is -2.34. The first kappa shape index (κ1) is 20.9. The van der Waals surface area contributed by atoms with E-state index in [9.17, 15) is 9.59 Å². The number of rotatable bonds is 6. The topological polar surface area (TPSA) is 74.6 Å². The van der Waals surface area contributed by atoms with E-state index < -0.39 is 11.8 Å². The number of nitrogens with one attached hydrogen (secondary N) is 2. The molecule has 2 heterocycles. The third-order valence-electron chi connectivity index (χ3n) is 5.71. The standard InChI is InChI=1S/C25H27N3O3/c1-18-8-10-19(11-9-18)15-26-24(29)25(30)27-16-22(23-7-4-14-31-23)28-13-12-20-5-2-3-6-21(20)17-28/h2-11,14,22H,12-13,15-17H2,1H3,(H,26,29)(H,27,30). The van der Waals surface area contributed by atoms with Gasteiger partial charge >= 0.3 is 11.8 Å². The molecule has 0 spiro atoms. The van der Waals surface area contributed by atoms with E-state index in [4.69, 9.17) is 4.42 Å². The Labute approximate surface area is 182 Å². The summed E-state index contributed by atoms with van der Waals surface area (Å²) < 4.78 is 5.65. The molecule has 1 aliphatic heterocycles. The summed E-state index contributed by atoms with van der Waals surface area (Å²) in [5.41, 5.74) is 4.74. The Morgan fingerprint density at radius 3 is 2.45 bits per heavy atom. The van der Waals surface area contributed by atoms with Crippen LogP contribution in [-0.2, 0) is 29.1 Å². The van der Waals surface area contributed by atoms with Crippen molar-refractivity contribution >= 4 is 11.8 Å². The summed E-state index contributed by atoms with van der Waals surface area (Å²) in [6.07, 6.45) is 2.58. The minimum atomic E-state index is -0.638. The molecule has 2 aromatic carbocycles. The zero-order valence-electron chi connectivity index (χ0n) is 17.6. The average Bonchev–Trinajstić information content (AvgIpc) is 3.33. The Kier molecular flexibility index (Phi) is 6.48. The lowest BCUT2D eigenvalue weighted by atomic mass is 9.98. The van der Waals surface area contributed by atoms with Gasteiger partial charge in [-0.15, -0.1) is 0 Å². The molecule has 0 aliphatic carbocycles. The molecule has 3 aromatic rings. The van der Waals surface area contributed by atoms with E-state index in [2.05, 4.69) is 33.7 Å². The van der Waals surface area contributed by atoms with Gasteiger partial charge in [-0.2, -0.15) is 0 Å². The van der Waals surface area contributed by atoms with Crippen molar-refractivity contribution in [1.82, 2.24) is 15.5 Å². The first-order chi connectivity index (χ1) is 15.1. The van der Waals surface area contributed by atoms with Crippen LogP contribution in [0.3, 0.4) is 0 Å². The highest BCUT2D eigenvalue weighted by Crippen LogP contribution is 2.27. The molecule has 6 nitrogen and oxygen atoms in total. The maximum atomic E-state index is 12.4. The quantitative estimate of drug-likeness (QED) is 0.605. The molecule has 1 aromatic heterocycles. The number of benzene rings is 2. The molecule has 1 unspecified atom stereocenters. The second kappa shape index (κ2) is 9.62. The van der Waals surface area contributed by atoms with Gasteiger partial charge in [0.2, 0.25) is 0 Å². The number of carbonyl (C=O) groups is 2. The van der Waals surface area contributed by atoms with Crippen molar-refractivity contribution in [3.63, 3.8) is 0 Å². The van der Waals surface area contributed by atoms with E-state index >= 15 is 0 Å². The predicted molar refractivity (Wildman–Crippen MR) is 118 cm³/mol. The SMILES string of the molecule is Cc1ccc(CNC(=O)C(=O)NCC(c2ccco2)N2CCc3ccccc3C2)cc1. The molecule has 0 bridgehead atoms. The normalized spacial score (nSPS) is 14.5. The van der Waals surface area contributed by atoms with Gasteiger partial charge in [0.15, 0.2) is 0 Å². The predicted octanol–water partition coefficient (Wildman–Crippen LogP) is 3.12. The van der Waals surface area contributed by atoms with Gasteiger partial charge in [-0.25, -0.2) is 0 Å². The van der Waals surface area contributed by atoms with E-state index in [0.717, 1.165) is 36.4 Å². The van der Waals surface area contributed by atoms with Crippen molar-refractivity contribution in [3.8, 4) is 0 Å². The fraction of sp³-hybridized carbons (Fsp3) is 0.280. The van der Waals surface area contributed by atoms with Crippen LogP contribution in [0, 0.1) is 6.92 Å². The molecule has 0 saturated carbocycles. The molecule has 4 rings (SSSR count). The van der Waals surface area contributed by atoms with Crippen LogP contribution in [0.15, 0.2) is 71.3 Å². The van der Waals surface area contributed by atoms with Crippen LogP contribution in [0.1, 0.15) is 34.1 Å². The summed E-state index contributed by atoms with van der Waals surface area (Å²) in [6, 6.07) is 19.9. The van der Waals surface area contributed by atoms with Crippen LogP contribution in [0.25, 0.3) is 0 Å². The van der Waals surface area contributed by atoms with E-state index in [0.29, 0.717) is 13.1 Å². The molecular weight excluding hydrogens is 390 g/mol. The fourth-order valence-electron chi connectivity index (χ4n) is 3.91. The summed E-state index contributed by atoms with van der Waals surface area (Å²) in [6.45, 7) is 4.25.